The zero-order chi connectivity index (χ0) is 20.0. The Hall–Kier alpha value is -2.04. The summed E-state index contributed by atoms with van der Waals surface area (Å²) in [6.45, 7) is 0.238. The van der Waals surface area contributed by atoms with Crippen LogP contribution in [-0.2, 0) is 14.3 Å². The number of aliphatic carboxylic acids is 1. The number of amides is 2. The molecule has 0 atom stereocenters. The first-order valence-corrected chi connectivity index (χ1v) is 9.44. The van der Waals surface area contributed by atoms with Gasteiger partial charge in [0.1, 0.15) is 0 Å². The van der Waals surface area contributed by atoms with Crippen LogP contribution >= 0.6 is 27.7 Å². The molecule has 10 heteroatoms. The molecule has 2 rings (SSSR count). The van der Waals surface area contributed by atoms with E-state index in [9.17, 15) is 14.4 Å². The van der Waals surface area contributed by atoms with Crippen LogP contribution in [0.15, 0.2) is 21.5 Å². The molecule has 1 N–H and O–H groups in total. The summed E-state index contributed by atoms with van der Waals surface area (Å²) in [6.07, 6.45) is 2.15. The number of imide groups is 1. The Kier molecular flexibility index (Phi) is 7.69. The van der Waals surface area contributed by atoms with Crippen molar-refractivity contribution >= 4 is 50.9 Å². The van der Waals surface area contributed by atoms with Gasteiger partial charge < -0.3 is 19.3 Å². The minimum Gasteiger partial charge on any atom is -0.493 e. The number of hydrogen-bond donors (Lipinski definition) is 1. The standard InChI is InChI=1S/C17H18BrNO7S/c1-24-5-3-4-19-16(22)13(27-17(19)23)8-10-6-11(18)15(12(7-10)25-2)26-9-14(20)21/h6-8H,3-5,9H2,1-2H3,(H,20,21)/b13-8+. The number of ether oxygens (including phenoxy) is 3. The summed E-state index contributed by atoms with van der Waals surface area (Å²) in [5.74, 6) is -0.932. The molecule has 1 aromatic rings. The lowest BCUT2D eigenvalue weighted by Crippen LogP contribution is -2.29. The van der Waals surface area contributed by atoms with Crippen LogP contribution in [0.25, 0.3) is 6.08 Å². The Morgan fingerprint density at radius 1 is 1.33 bits per heavy atom. The summed E-state index contributed by atoms with van der Waals surface area (Å²) < 4.78 is 15.9. The molecular weight excluding hydrogens is 442 g/mol. The van der Waals surface area contributed by atoms with Gasteiger partial charge in [0.05, 0.1) is 16.5 Å². The maximum absolute atomic E-state index is 12.4. The van der Waals surface area contributed by atoms with Crippen molar-refractivity contribution in [1.82, 2.24) is 4.90 Å². The number of carboxylic acids is 1. The van der Waals surface area contributed by atoms with Crippen LogP contribution in [0, 0.1) is 0 Å². The number of halogens is 1. The highest BCUT2D eigenvalue weighted by Gasteiger charge is 2.34. The molecule has 0 radical (unpaired) electrons. The van der Waals surface area contributed by atoms with E-state index < -0.39 is 12.6 Å². The monoisotopic (exact) mass is 459 g/mol. The zero-order valence-electron chi connectivity index (χ0n) is 14.7. The van der Waals surface area contributed by atoms with Crippen LogP contribution in [0.3, 0.4) is 0 Å². The average molecular weight is 460 g/mol. The molecule has 0 aliphatic carbocycles. The maximum Gasteiger partial charge on any atom is 0.341 e. The third kappa shape index (κ3) is 5.47. The predicted molar refractivity (Wildman–Crippen MR) is 103 cm³/mol. The third-order valence-corrected chi connectivity index (χ3v) is 4.99. The van der Waals surface area contributed by atoms with E-state index in [1.807, 2.05) is 0 Å². The van der Waals surface area contributed by atoms with E-state index in [0.717, 1.165) is 11.8 Å². The molecule has 1 aliphatic rings. The highest BCUT2D eigenvalue weighted by Crippen LogP contribution is 2.39. The van der Waals surface area contributed by atoms with Crippen LogP contribution in [0.4, 0.5) is 4.79 Å². The molecule has 0 bridgehead atoms. The van der Waals surface area contributed by atoms with Crippen molar-refractivity contribution in [3.63, 3.8) is 0 Å². The SMILES string of the molecule is COCCCN1C(=O)S/C(=C/c2cc(Br)c(OCC(=O)O)c(OC)c2)C1=O. The largest absolute Gasteiger partial charge is 0.493 e. The van der Waals surface area contributed by atoms with E-state index in [0.29, 0.717) is 40.3 Å². The Balaban J connectivity index is 2.23. The minimum atomic E-state index is -1.12. The van der Waals surface area contributed by atoms with Gasteiger partial charge in [-0.25, -0.2) is 4.79 Å². The number of carboxylic acid groups (broad SMARTS) is 1. The molecule has 2 amide bonds. The maximum atomic E-state index is 12.4. The van der Waals surface area contributed by atoms with E-state index in [4.69, 9.17) is 19.3 Å². The number of nitrogens with zero attached hydrogens (tertiary/aromatic N) is 1. The van der Waals surface area contributed by atoms with Gasteiger partial charge in [-0.3, -0.25) is 14.5 Å². The Labute approximate surface area is 168 Å². The van der Waals surface area contributed by atoms with E-state index in [1.165, 1.54) is 12.0 Å². The highest BCUT2D eigenvalue weighted by atomic mass is 79.9. The fourth-order valence-electron chi connectivity index (χ4n) is 2.31. The Morgan fingerprint density at radius 2 is 2.07 bits per heavy atom. The van der Waals surface area contributed by atoms with Crippen molar-refractivity contribution < 1.29 is 33.7 Å². The Morgan fingerprint density at radius 3 is 2.70 bits per heavy atom. The second kappa shape index (κ2) is 9.77. The fraction of sp³-hybridized carbons (Fsp3) is 0.353. The number of rotatable bonds is 9. The van der Waals surface area contributed by atoms with Crippen molar-refractivity contribution in [2.45, 2.75) is 6.42 Å². The lowest BCUT2D eigenvalue weighted by atomic mass is 10.2. The molecule has 0 saturated carbocycles. The Bertz CT molecular complexity index is 781. The van der Waals surface area contributed by atoms with Gasteiger partial charge in [-0.15, -0.1) is 0 Å². The van der Waals surface area contributed by atoms with Crippen molar-refractivity contribution in [3.05, 3.63) is 27.1 Å². The van der Waals surface area contributed by atoms with Gasteiger partial charge in [-0.1, -0.05) is 0 Å². The van der Waals surface area contributed by atoms with Crippen molar-refractivity contribution in [2.24, 2.45) is 0 Å². The van der Waals surface area contributed by atoms with Gasteiger partial charge in [-0.05, 0) is 57.9 Å². The number of thioether (sulfide) groups is 1. The molecule has 27 heavy (non-hydrogen) atoms. The smallest absolute Gasteiger partial charge is 0.341 e. The zero-order valence-corrected chi connectivity index (χ0v) is 17.1. The normalized spacial score (nSPS) is 15.5. The topological polar surface area (TPSA) is 102 Å². The van der Waals surface area contributed by atoms with Crippen LogP contribution < -0.4 is 9.47 Å². The molecule has 1 aliphatic heterocycles. The van der Waals surface area contributed by atoms with Crippen LogP contribution in [-0.4, -0.2) is 61.1 Å². The summed E-state index contributed by atoms with van der Waals surface area (Å²) in [7, 11) is 2.98. The van der Waals surface area contributed by atoms with Gasteiger partial charge in [0.15, 0.2) is 18.1 Å². The second-order valence-corrected chi connectivity index (χ2v) is 7.24. The molecule has 1 fully saturated rings. The first-order chi connectivity index (χ1) is 12.9. The molecular formula is C17H18BrNO7S. The average Bonchev–Trinajstić information content (AvgIpc) is 2.87. The minimum absolute atomic E-state index is 0.240. The number of benzene rings is 1. The van der Waals surface area contributed by atoms with Gasteiger partial charge in [0, 0.05) is 20.3 Å². The summed E-state index contributed by atoms with van der Waals surface area (Å²) >= 11 is 4.17. The quantitative estimate of drug-likeness (QED) is 0.443. The number of methoxy groups -OCH3 is 2. The predicted octanol–water partition coefficient (Wildman–Crippen LogP) is 2.99. The van der Waals surface area contributed by atoms with Crippen LogP contribution in [0.2, 0.25) is 0 Å². The summed E-state index contributed by atoms with van der Waals surface area (Å²) in [4.78, 5) is 36.7. The van der Waals surface area contributed by atoms with Gasteiger partial charge >= 0.3 is 5.97 Å². The summed E-state index contributed by atoms with van der Waals surface area (Å²) in [5.41, 5.74) is 0.601. The molecule has 1 aromatic carbocycles. The van der Waals surface area contributed by atoms with E-state index in [2.05, 4.69) is 15.9 Å². The van der Waals surface area contributed by atoms with E-state index >= 15 is 0 Å². The number of carbonyl (C=O) groups excluding carboxylic acids is 2. The van der Waals surface area contributed by atoms with Crippen molar-refractivity contribution in [2.75, 3.05) is 34.0 Å². The van der Waals surface area contributed by atoms with Gasteiger partial charge in [0.2, 0.25) is 0 Å². The molecule has 8 nitrogen and oxygen atoms in total. The fourth-order valence-corrected chi connectivity index (χ4v) is 3.75. The highest BCUT2D eigenvalue weighted by molar-refractivity contribution is 9.10. The molecule has 1 heterocycles. The molecule has 0 unspecified atom stereocenters. The van der Waals surface area contributed by atoms with Gasteiger partial charge in [-0.2, -0.15) is 0 Å². The first kappa shape index (κ1) is 21.3. The lowest BCUT2D eigenvalue weighted by Gasteiger charge is -2.12. The molecule has 0 spiro atoms. The summed E-state index contributed by atoms with van der Waals surface area (Å²) in [5, 5.41) is 8.43. The third-order valence-electron chi connectivity index (χ3n) is 3.49. The number of carbonyl (C=O) groups is 3. The van der Waals surface area contributed by atoms with E-state index in [-0.39, 0.29) is 16.9 Å². The second-order valence-electron chi connectivity index (χ2n) is 5.40. The molecule has 0 aromatic heterocycles. The van der Waals surface area contributed by atoms with Gasteiger partial charge in [0.25, 0.3) is 11.1 Å². The molecule has 1 saturated heterocycles. The summed E-state index contributed by atoms with van der Waals surface area (Å²) in [6, 6.07) is 3.25. The number of hydrogen-bond acceptors (Lipinski definition) is 7. The van der Waals surface area contributed by atoms with Crippen molar-refractivity contribution in [1.29, 1.82) is 0 Å². The van der Waals surface area contributed by atoms with E-state index in [1.54, 1.807) is 25.3 Å². The van der Waals surface area contributed by atoms with Crippen molar-refractivity contribution in [3.8, 4) is 11.5 Å². The lowest BCUT2D eigenvalue weighted by molar-refractivity contribution is -0.139. The van der Waals surface area contributed by atoms with Crippen LogP contribution in [0.1, 0.15) is 12.0 Å². The first-order valence-electron chi connectivity index (χ1n) is 7.83. The van der Waals surface area contributed by atoms with Crippen LogP contribution in [0.5, 0.6) is 11.5 Å². The molecule has 146 valence electrons.